The third-order valence-electron chi connectivity index (χ3n) is 9.12. The van der Waals surface area contributed by atoms with Crippen LogP contribution >= 0.6 is 0 Å². The third kappa shape index (κ3) is 4.10. The van der Waals surface area contributed by atoms with Crippen molar-refractivity contribution in [1.29, 1.82) is 0 Å². The van der Waals surface area contributed by atoms with Crippen molar-refractivity contribution in [3.05, 3.63) is 146 Å². The molecule has 0 fully saturated rings. The van der Waals surface area contributed by atoms with E-state index in [0.29, 0.717) is 17.5 Å². The molecule has 0 saturated carbocycles. The molecule has 0 unspecified atom stereocenters. The molecule has 5 nitrogen and oxygen atoms in total. The molecular formula is C42H24N4O. The molecule has 0 radical (unpaired) electrons. The largest absolute Gasteiger partial charge is 0.454 e. The van der Waals surface area contributed by atoms with Crippen LogP contribution in [0.25, 0.3) is 99.3 Å². The fourth-order valence-electron chi connectivity index (χ4n) is 6.84. The summed E-state index contributed by atoms with van der Waals surface area (Å²) in [6, 6.07) is 48.3. The molecule has 0 bridgehead atoms. The van der Waals surface area contributed by atoms with Gasteiger partial charge in [0.1, 0.15) is 11.1 Å². The summed E-state index contributed by atoms with van der Waals surface area (Å²) in [5.74, 6) is 1.86. The molecule has 10 rings (SSSR count). The van der Waals surface area contributed by atoms with Crippen molar-refractivity contribution in [3.8, 4) is 34.2 Å². The molecule has 0 aliphatic rings. The number of hydrogen-bond donors (Lipinski definition) is 0. The molecule has 3 aromatic heterocycles. The quantitative estimate of drug-likeness (QED) is 0.189. The Labute approximate surface area is 268 Å². The molecular weight excluding hydrogens is 576 g/mol. The van der Waals surface area contributed by atoms with Crippen molar-refractivity contribution in [2.24, 2.45) is 0 Å². The number of nitrogens with zero attached hydrogens (tertiary/aromatic N) is 4. The van der Waals surface area contributed by atoms with Crippen LogP contribution in [-0.2, 0) is 0 Å². The molecule has 0 amide bonds. The number of aromatic nitrogens is 4. The minimum atomic E-state index is 0.600. The van der Waals surface area contributed by atoms with Gasteiger partial charge in [-0.25, -0.2) is 15.0 Å². The second-order valence-corrected chi connectivity index (χ2v) is 11.9. The molecule has 3 heterocycles. The maximum atomic E-state index is 6.36. The molecule has 7 aromatic carbocycles. The summed E-state index contributed by atoms with van der Waals surface area (Å²) in [5, 5.41) is 9.97. The number of furan rings is 1. The van der Waals surface area contributed by atoms with E-state index < -0.39 is 0 Å². The lowest BCUT2D eigenvalue weighted by atomic mass is 9.96. The first-order valence-corrected chi connectivity index (χ1v) is 15.6. The van der Waals surface area contributed by atoms with Gasteiger partial charge in [0.2, 0.25) is 0 Å². The molecule has 0 saturated heterocycles. The molecule has 0 spiro atoms. The lowest BCUT2D eigenvalue weighted by Crippen LogP contribution is -2.01. The van der Waals surface area contributed by atoms with Gasteiger partial charge < -0.3 is 4.42 Å². The zero-order valence-corrected chi connectivity index (χ0v) is 25.1. The average molecular weight is 601 g/mol. The first-order valence-electron chi connectivity index (χ1n) is 15.6. The number of pyridine rings is 1. The van der Waals surface area contributed by atoms with E-state index in [1.165, 1.54) is 16.2 Å². The van der Waals surface area contributed by atoms with Gasteiger partial charge in [0.25, 0.3) is 0 Å². The second kappa shape index (κ2) is 10.0. The normalized spacial score (nSPS) is 11.8. The lowest BCUT2D eigenvalue weighted by Gasteiger charge is -2.13. The van der Waals surface area contributed by atoms with Crippen LogP contribution in [0.3, 0.4) is 0 Å². The fraction of sp³-hybridized carbons (Fsp3) is 0. The number of benzene rings is 7. The predicted octanol–water partition coefficient (Wildman–Crippen LogP) is 10.8. The zero-order valence-electron chi connectivity index (χ0n) is 25.1. The predicted molar refractivity (Wildman–Crippen MR) is 191 cm³/mol. The molecule has 47 heavy (non-hydrogen) atoms. The van der Waals surface area contributed by atoms with Crippen LogP contribution in [0, 0.1) is 0 Å². The fourth-order valence-corrected chi connectivity index (χ4v) is 6.84. The van der Waals surface area contributed by atoms with Crippen LogP contribution in [0.2, 0.25) is 0 Å². The van der Waals surface area contributed by atoms with Gasteiger partial charge in [-0.3, -0.25) is 4.98 Å². The van der Waals surface area contributed by atoms with Gasteiger partial charge in [0.05, 0.1) is 0 Å². The van der Waals surface area contributed by atoms with Gasteiger partial charge in [0, 0.05) is 33.7 Å². The summed E-state index contributed by atoms with van der Waals surface area (Å²) in [7, 11) is 0. The Morgan fingerprint density at radius 2 is 1.06 bits per heavy atom. The third-order valence-corrected chi connectivity index (χ3v) is 9.12. The molecule has 0 N–H and O–H groups in total. The van der Waals surface area contributed by atoms with Crippen LogP contribution in [0.5, 0.6) is 0 Å². The van der Waals surface area contributed by atoms with E-state index in [4.69, 9.17) is 19.4 Å². The number of hydrogen-bond acceptors (Lipinski definition) is 5. The summed E-state index contributed by atoms with van der Waals surface area (Å²) >= 11 is 0. The van der Waals surface area contributed by atoms with E-state index in [9.17, 15) is 0 Å². The van der Waals surface area contributed by atoms with Gasteiger partial charge in [0.15, 0.2) is 23.1 Å². The monoisotopic (exact) mass is 600 g/mol. The summed E-state index contributed by atoms with van der Waals surface area (Å²) in [5.41, 5.74) is 5.22. The second-order valence-electron chi connectivity index (χ2n) is 11.9. The Balaban J connectivity index is 1.25. The Morgan fingerprint density at radius 3 is 1.91 bits per heavy atom. The Morgan fingerprint density at radius 1 is 0.404 bits per heavy atom. The summed E-state index contributed by atoms with van der Waals surface area (Å²) in [4.78, 5) is 20.0. The van der Waals surface area contributed by atoms with Crippen molar-refractivity contribution in [2.45, 2.75) is 0 Å². The Bertz CT molecular complexity index is 2870. The van der Waals surface area contributed by atoms with E-state index in [0.717, 1.165) is 65.7 Å². The van der Waals surface area contributed by atoms with Gasteiger partial charge in [-0.15, -0.1) is 0 Å². The zero-order chi connectivity index (χ0) is 30.9. The van der Waals surface area contributed by atoms with Gasteiger partial charge in [-0.2, -0.15) is 0 Å². The van der Waals surface area contributed by atoms with Crippen molar-refractivity contribution in [1.82, 2.24) is 19.9 Å². The summed E-state index contributed by atoms with van der Waals surface area (Å²) < 4.78 is 6.36. The SMILES string of the molecule is c1ccc2cc(-c3nc(-c4ccc5ccc6c7ncccc7oc6c5c4)nc(-c4cc5ccccc5c5ccccc45)n3)ccc2c1. The van der Waals surface area contributed by atoms with Crippen LogP contribution in [0.15, 0.2) is 150 Å². The van der Waals surface area contributed by atoms with E-state index in [1.807, 2.05) is 12.1 Å². The van der Waals surface area contributed by atoms with Crippen LogP contribution in [0.1, 0.15) is 0 Å². The first kappa shape index (κ1) is 25.8. The summed E-state index contributed by atoms with van der Waals surface area (Å²) in [6.07, 6.45) is 1.80. The van der Waals surface area contributed by atoms with E-state index in [1.54, 1.807) is 6.20 Å². The summed E-state index contributed by atoms with van der Waals surface area (Å²) in [6.45, 7) is 0. The molecule has 218 valence electrons. The van der Waals surface area contributed by atoms with E-state index in [2.05, 4.69) is 132 Å². The topological polar surface area (TPSA) is 64.7 Å². The minimum Gasteiger partial charge on any atom is -0.454 e. The number of rotatable bonds is 3. The van der Waals surface area contributed by atoms with Crippen LogP contribution < -0.4 is 0 Å². The van der Waals surface area contributed by atoms with Crippen LogP contribution in [-0.4, -0.2) is 19.9 Å². The van der Waals surface area contributed by atoms with Crippen molar-refractivity contribution in [2.75, 3.05) is 0 Å². The first-order chi connectivity index (χ1) is 23.3. The maximum absolute atomic E-state index is 6.36. The maximum Gasteiger partial charge on any atom is 0.164 e. The molecule has 5 heteroatoms. The molecule has 0 aliphatic heterocycles. The van der Waals surface area contributed by atoms with Crippen molar-refractivity contribution < 1.29 is 4.42 Å². The van der Waals surface area contributed by atoms with Gasteiger partial charge in [-0.05, 0) is 74.1 Å². The van der Waals surface area contributed by atoms with Crippen LogP contribution in [0.4, 0.5) is 0 Å². The smallest absolute Gasteiger partial charge is 0.164 e. The molecule has 0 aliphatic carbocycles. The average Bonchev–Trinajstić information content (AvgIpc) is 3.53. The highest BCUT2D eigenvalue weighted by molar-refractivity contribution is 6.15. The van der Waals surface area contributed by atoms with E-state index >= 15 is 0 Å². The highest BCUT2D eigenvalue weighted by Crippen LogP contribution is 2.37. The van der Waals surface area contributed by atoms with Gasteiger partial charge >= 0.3 is 0 Å². The minimum absolute atomic E-state index is 0.600. The van der Waals surface area contributed by atoms with E-state index in [-0.39, 0.29) is 0 Å². The standard InChI is InChI=1S/C42H24N4O/c1-2-9-27-22-29(17-15-25(27)8-1)40-44-41(30-18-16-26-19-20-34-38-37(14-7-21-43-38)47-39(34)35(26)24-30)46-42(45-40)36-23-28-10-3-4-11-31(28)32-12-5-6-13-33(32)36/h1-24H. The Kier molecular flexibility index (Phi) is 5.51. The molecule has 10 aromatic rings. The lowest BCUT2D eigenvalue weighted by molar-refractivity contribution is 0.672. The van der Waals surface area contributed by atoms with Crippen molar-refractivity contribution in [3.63, 3.8) is 0 Å². The van der Waals surface area contributed by atoms with Crippen molar-refractivity contribution >= 4 is 65.2 Å². The Hall–Kier alpha value is -6.46. The molecule has 0 atom stereocenters. The highest BCUT2D eigenvalue weighted by Gasteiger charge is 2.18. The highest BCUT2D eigenvalue weighted by atomic mass is 16.3. The van der Waals surface area contributed by atoms with Gasteiger partial charge in [-0.1, -0.05) is 103 Å². The number of fused-ring (bicyclic) bond motifs is 9.